The van der Waals surface area contributed by atoms with Gasteiger partial charge in [-0.2, -0.15) is 0 Å². The molecule has 0 atom stereocenters. The molecule has 1 heterocycles. The molecular weight excluding hydrogens is 448 g/mol. The summed E-state index contributed by atoms with van der Waals surface area (Å²) in [5, 5.41) is 6.71. The molecule has 0 unspecified atom stereocenters. The van der Waals surface area contributed by atoms with E-state index in [1.54, 1.807) is 23.5 Å². The molecule has 33 heavy (non-hydrogen) atoms. The quantitative estimate of drug-likeness (QED) is 0.229. The normalized spacial score (nSPS) is 10.7. The Morgan fingerprint density at radius 1 is 0.909 bits per heavy atom. The molecular formula is C26H26N4OS2. The van der Waals surface area contributed by atoms with Gasteiger partial charge >= 0.3 is 6.03 Å². The summed E-state index contributed by atoms with van der Waals surface area (Å²) in [6, 6.07) is 28.2. The van der Waals surface area contributed by atoms with Crippen LogP contribution in [0, 0.1) is 0 Å². The van der Waals surface area contributed by atoms with Crippen molar-refractivity contribution in [3.05, 3.63) is 84.9 Å². The number of benzene rings is 3. The first-order valence-electron chi connectivity index (χ1n) is 10.6. The van der Waals surface area contributed by atoms with Gasteiger partial charge in [0.2, 0.25) is 0 Å². The van der Waals surface area contributed by atoms with Crippen molar-refractivity contribution in [1.29, 1.82) is 0 Å². The Morgan fingerprint density at radius 2 is 1.55 bits per heavy atom. The van der Waals surface area contributed by atoms with Crippen LogP contribution in [-0.4, -0.2) is 34.1 Å². The number of aromatic nitrogens is 2. The first-order chi connectivity index (χ1) is 16.2. The average molecular weight is 475 g/mol. The Labute approximate surface area is 203 Å². The Balaban J connectivity index is 1.41. The van der Waals surface area contributed by atoms with Crippen LogP contribution in [0.15, 0.2) is 95.0 Å². The van der Waals surface area contributed by atoms with Gasteiger partial charge in [0.05, 0.1) is 11.4 Å². The fourth-order valence-corrected chi connectivity index (χ4v) is 4.72. The zero-order chi connectivity index (χ0) is 23.0. The molecule has 0 fully saturated rings. The van der Waals surface area contributed by atoms with Crippen LogP contribution in [0.3, 0.4) is 0 Å². The molecule has 0 aliphatic heterocycles. The molecule has 0 saturated carbocycles. The molecule has 0 spiro atoms. The number of amides is 2. The van der Waals surface area contributed by atoms with Crippen molar-refractivity contribution in [3.63, 3.8) is 0 Å². The fourth-order valence-electron chi connectivity index (χ4n) is 3.49. The highest BCUT2D eigenvalue weighted by Crippen LogP contribution is 2.34. The number of urea groups is 1. The standard InChI is InChI=1S/C26H26N4OS2/c1-30-24(20-11-7-4-8-12-20)23(19-9-5-3-6-10-19)29-26(30)33-18-17-27-25(31)28-21-13-15-22(32-2)16-14-21/h3-16H,17-18H2,1-2H3,(H2,27,28,31). The van der Waals surface area contributed by atoms with Crippen LogP contribution in [0.1, 0.15) is 0 Å². The van der Waals surface area contributed by atoms with E-state index in [1.807, 2.05) is 74.0 Å². The van der Waals surface area contributed by atoms with Crippen molar-refractivity contribution in [2.45, 2.75) is 10.1 Å². The summed E-state index contributed by atoms with van der Waals surface area (Å²) >= 11 is 3.30. The van der Waals surface area contributed by atoms with Crippen molar-refractivity contribution in [2.24, 2.45) is 7.05 Å². The third-order valence-corrected chi connectivity index (χ3v) is 6.89. The van der Waals surface area contributed by atoms with Crippen LogP contribution in [0.4, 0.5) is 10.5 Å². The minimum atomic E-state index is -0.206. The number of rotatable bonds is 8. The zero-order valence-corrected chi connectivity index (χ0v) is 20.2. The predicted molar refractivity (Wildman–Crippen MR) is 140 cm³/mol. The van der Waals surface area contributed by atoms with Crippen LogP contribution in [0.25, 0.3) is 22.5 Å². The molecule has 4 aromatic rings. The molecule has 2 N–H and O–H groups in total. The maximum absolute atomic E-state index is 12.2. The van der Waals surface area contributed by atoms with Gasteiger partial charge in [-0.25, -0.2) is 9.78 Å². The van der Waals surface area contributed by atoms with Gasteiger partial charge in [0.1, 0.15) is 0 Å². The number of nitrogens with zero attached hydrogens (tertiary/aromatic N) is 2. The lowest BCUT2D eigenvalue weighted by atomic mass is 10.1. The monoisotopic (exact) mass is 474 g/mol. The molecule has 0 aliphatic rings. The van der Waals surface area contributed by atoms with Crippen molar-refractivity contribution < 1.29 is 4.79 Å². The van der Waals surface area contributed by atoms with E-state index in [2.05, 4.69) is 39.5 Å². The minimum Gasteiger partial charge on any atom is -0.337 e. The smallest absolute Gasteiger partial charge is 0.319 e. The Kier molecular flexibility index (Phi) is 7.75. The zero-order valence-electron chi connectivity index (χ0n) is 18.6. The minimum absolute atomic E-state index is 0.206. The Bertz CT molecular complexity index is 1190. The number of anilines is 1. The van der Waals surface area contributed by atoms with E-state index in [-0.39, 0.29) is 6.03 Å². The van der Waals surface area contributed by atoms with E-state index in [9.17, 15) is 4.79 Å². The van der Waals surface area contributed by atoms with E-state index in [1.165, 1.54) is 0 Å². The van der Waals surface area contributed by atoms with Crippen LogP contribution < -0.4 is 10.6 Å². The van der Waals surface area contributed by atoms with E-state index in [4.69, 9.17) is 4.98 Å². The maximum Gasteiger partial charge on any atom is 0.319 e. The van der Waals surface area contributed by atoms with Crippen LogP contribution in [0.2, 0.25) is 0 Å². The summed E-state index contributed by atoms with van der Waals surface area (Å²) < 4.78 is 2.13. The average Bonchev–Trinajstić information content (AvgIpc) is 3.19. The second kappa shape index (κ2) is 11.1. The van der Waals surface area contributed by atoms with Crippen LogP contribution in [-0.2, 0) is 7.05 Å². The summed E-state index contributed by atoms with van der Waals surface area (Å²) in [7, 11) is 2.04. The second-order valence-corrected chi connectivity index (χ2v) is 9.28. The van der Waals surface area contributed by atoms with E-state index in [0.717, 1.165) is 38.3 Å². The lowest BCUT2D eigenvalue weighted by Crippen LogP contribution is -2.30. The summed E-state index contributed by atoms with van der Waals surface area (Å²) in [6.07, 6.45) is 2.03. The molecule has 0 aliphatic carbocycles. The molecule has 5 nitrogen and oxygen atoms in total. The van der Waals surface area contributed by atoms with Gasteiger partial charge in [0.25, 0.3) is 0 Å². The van der Waals surface area contributed by atoms with Gasteiger partial charge in [0, 0.05) is 41.1 Å². The first-order valence-corrected chi connectivity index (χ1v) is 12.9. The van der Waals surface area contributed by atoms with Gasteiger partial charge in [-0.15, -0.1) is 11.8 Å². The molecule has 168 valence electrons. The molecule has 0 saturated heterocycles. The van der Waals surface area contributed by atoms with Crippen molar-refractivity contribution in [2.75, 3.05) is 23.9 Å². The summed E-state index contributed by atoms with van der Waals surface area (Å²) in [4.78, 5) is 18.3. The summed E-state index contributed by atoms with van der Waals surface area (Å²) in [5.74, 6) is 0.714. The topological polar surface area (TPSA) is 59.0 Å². The van der Waals surface area contributed by atoms with Gasteiger partial charge in [-0.05, 0) is 30.5 Å². The highest BCUT2D eigenvalue weighted by atomic mass is 32.2. The lowest BCUT2D eigenvalue weighted by Gasteiger charge is -2.09. The molecule has 7 heteroatoms. The number of hydrogen-bond acceptors (Lipinski definition) is 4. The molecule has 2 amide bonds. The summed E-state index contributed by atoms with van der Waals surface area (Å²) in [6.45, 7) is 0.535. The number of thioether (sulfide) groups is 2. The molecule has 1 aromatic heterocycles. The second-order valence-electron chi connectivity index (χ2n) is 7.34. The summed E-state index contributed by atoms with van der Waals surface area (Å²) in [5.41, 5.74) is 5.05. The SMILES string of the molecule is CSc1ccc(NC(=O)NCCSc2nc(-c3ccccc3)c(-c3ccccc3)n2C)cc1. The highest BCUT2D eigenvalue weighted by molar-refractivity contribution is 7.99. The van der Waals surface area contributed by atoms with E-state index >= 15 is 0 Å². The number of carbonyl (C=O) groups excluding carboxylic acids is 1. The van der Waals surface area contributed by atoms with Crippen LogP contribution in [0.5, 0.6) is 0 Å². The van der Waals surface area contributed by atoms with Gasteiger partial charge in [-0.1, -0.05) is 72.4 Å². The maximum atomic E-state index is 12.2. The predicted octanol–water partition coefficient (Wildman–Crippen LogP) is 6.39. The first kappa shape index (κ1) is 23.0. The number of carbonyl (C=O) groups is 1. The third kappa shape index (κ3) is 5.80. The van der Waals surface area contributed by atoms with Crippen molar-refractivity contribution >= 4 is 35.2 Å². The van der Waals surface area contributed by atoms with E-state index < -0.39 is 0 Å². The van der Waals surface area contributed by atoms with Crippen LogP contribution >= 0.6 is 23.5 Å². The highest BCUT2D eigenvalue weighted by Gasteiger charge is 2.18. The van der Waals surface area contributed by atoms with Gasteiger partial charge in [-0.3, -0.25) is 0 Å². The van der Waals surface area contributed by atoms with Crippen molar-refractivity contribution in [3.8, 4) is 22.5 Å². The third-order valence-electron chi connectivity index (χ3n) is 5.12. The Morgan fingerprint density at radius 3 is 2.18 bits per heavy atom. The largest absolute Gasteiger partial charge is 0.337 e. The lowest BCUT2D eigenvalue weighted by molar-refractivity contribution is 0.252. The van der Waals surface area contributed by atoms with Crippen molar-refractivity contribution in [1.82, 2.24) is 14.9 Å². The number of hydrogen-bond donors (Lipinski definition) is 2. The Hall–Kier alpha value is -3.16. The molecule has 0 bridgehead atoms. The number of imidazole rings is 1. The fraction of sp³-hybridized carbons (Fsp3) is 0.154. The van der Waals surface area contributed by atoms with Gasteiger partial charge < -0.3 is 15.2 Å². The number of nitrogens with one attached hydrogen (secondary N) is 2. The molecule has 0 radical (unpaired) electrons. The van der Waals surface area contributed by atoms with Gasteiger partial charge in [0.15, 0.2) is 5.16 Å². The molecule has 4 rings (SSSR count). The van der Waals surface area contributed by atoms with E-state index in [0.29, 0.717) is 12.3 Å². The molecule has 3 aromatic carbocycles.